The van der Waals surface area contributed by atoms with E-state index in [9.17, 15) is 9.18 Å². The summed E-state index contributed by atoms with van der Waals surface area (Å²) in [5, 5.41) is 5.23. The highest BCUT2D eigenvalue weighted by atomic mass is 19.1. The Morgan fingerprint density at radius 3 is 2.88 bits per heavy atom. The molecule has 2 N–H and O–H groups in total. The minimum absolute atomic E-state index is 0.105. The maximum atomic E-state index is 13.1. The maximum absolute atomic E-state index is 13.1. The molecule has 0 aliphatic heterocycles. The van der Waals surface area contributed by atoms with E-state index < -0.39 is 5.82 Å². The molecule has 16 heavy (non-hydrogen) atoms. The predicted molar refractivity (Wildman–Crippen MR) is 60.3 cm³/mol. The first kappa shape index (κ1) is 12.3. The largest absolute Gasteiger partial charge is 0.494 e. The summed E-state index contributed by atoms with van der Waals surface area (Å²) < 4.78 is 17.9. The minimum atomic E-state index is -0.456. The van der Waals surface area contributed by atoms with Crippen LogP contribution in [0.4, 0.5) is 14.9 Å². The molecular formula is C11H15FN2O2. The van der Waals surface area contributed by atoms with Crippen LogP contribution in [0.25, 0.3) is 0 Å². The van der Waals surface area contributed by atoms with Gasteiger partial charge in [0.15, 0.2) is 11.6 Å². The monoisotopic (exact) mass is 226 g/mol. The van der Waals surface area contributed by atoms with Gasteiger partial charge < -0.3 is 15.4 Å². The highest BCUT2D eigenvalue weighted by Crippen LogP contribution is 2.21. The van der Waals surface area contributed by atoms with Gasteiger partial charge in [0.25, 0.3) is 0 Å². The highest BCUT2D eigenvalue weighted by Gasteiger charge is 2.05. The minimum Gasteiger partial charge on any atom is -0.494 e. The van der Waals surface area contributed by atoms with E-state index in [2.05, 4.69) is 10.6 Å². The molecule has 0 spiro atoms. The van der Waals surface area contributed by atoms with Crippen LogP contribution in [0, 0.1) is 5.82 Å². The van der Waals surface area contributed by atoms with E-state index in [0.29, 0.717) is 12.2 Å². The van der Waals surface area contributed by atoms with Crippen LogP contribution < -0.4 is 15.4 Å². The third-order valence-corrected chi connectivity index (χ3v) is 1.94. The molecule has 0 aliphatic carbocycles. The SMILES string of the molecule is CCCNC(=O)Nc1ccc(F)c(OC)c1. The van der Waals surface area contributed by atoms with Crippen molar-refractivity contribution in [2.75, 3.05) is 19.0 Å². The normalized spacial score (nSPS) is 9.69. The Morgan fingerprint density at radius 1 is 1.50 bits per heavy atom. The van der Waals surface area contributed by atoms with Crippen molar-refractivity contribution in [1.29, 1.82) is 0 Å². The Labute approximate surface area is 93.8 Å². The number of hydrogen-bond donors (Lipinski definition) is 2. The molecule has 0 radical (unpaired) electrons. The van der Waals surface area contributed by atoms with Crippen molar-refractivity contribution >= 4 is 11.7 Å². The molecule has 1 rings (SSSR count). The van der Waals surface area contributed by atoms with Gasteiger partial charge in [0.2, 0.25) is 0 Å². The number of methoxy groups -OCH3 is 1. The molecule has 2 amide bonds. The number of nitrogens with one attached hydrogen (secondary N) is 2. The smallest absolute Gasteiger partial charge is 0.319 e. The van der Waals surface area contributed by atoms with Gasteiger partial charge >= 0.3 is 6.03 Å². The molecule has 0 saturated carbocycles. The predicted octanol–water partition coefficient (Wildman–Crippen LogP) is 2.37. The van der Waals surface area contributed by atoms with E-state index in [4.69, 9.17) is 4.74 Å². The lowest BCUT2D eigenvalue weighted by Crippen LogP contribution is -2.29. The van der Waals surface area contributed by atoms with Crippen molar-refractivity contribution in [3.05, 3.63) is 24.0 Å². The third kappa shape index (κ3) is 3.42. The van der Waals surface area contributed by atoms with Crippen LogP contribution in [0.15, 0.2) is 18.2 Å². The van der Waals surface area contributed by atoms with E-state index in [0.717, 1.165) is 6.42 Å². The van der Waals surface area contributed by atoms with Crippen LogP contribution in [0.2, 0.25) is 0 Å². The van der Waals surface area contributed by atoms with Gasteiger partial charge in [0.1, 0.15) is 0 Å². The average molecular weight is 226 g/mol. The van der Waals surface area contributed by atoms with Crippen molar-refractivity contribution in [2.45, 2.75) is 13.3 Å². The molecule has 0 saturated heterocycles. The molecule has 0 heterocycles. The second-order valence-electron chi connectivity index (χ2n) is 3.23. The molecule has 0 bridgehead atoms. The highest BCUT2D eigenvalue weighted by molar-refractivity contribution is 5.89. The van der Waals surface area contributed by atoms with E-state index in [1.807, 2.05) is 6.92 Å². The summed E-state index contributed by atoms with van der Waals surface area (Å²) in [6.45, 7) is 2.56. The number of anilines is 1. The third-order valence-electron chi connectivity index (χ3n) is 1.94. The van der Waals surface area contributed by atoms with Crippen molar-refractivity contribution < 1.29 is 13.9 Å². The zero-order valence-corrected chi connectivity index (χ0v) is 9.34. The fraction of sp³-hybridized carbons (Fsp3) is 0.364. The standard InChI is InChI=1S/C11H15FN2O2/c1-3-6-13-11(15)14-8-4-5-9(12)10(7-8)16-2/h4-5,7H,3,6H2,1-2H3,(H2,13,14,15). The fourth-order valence-electron chi connectivity index (χ4n) is 1.15. The zero-order valence-electron chi connectivity index (χ0n) is 9.34. The van der Waals surface area contributed by atoms with Gasteiger partial charge in [-0.25, -0.2) is 9.18 Å². The lowest BCUT2D eigenvalue weighted by Gasteiger charge is -2.08. The second kappa shape index (κ2) is 5.95. The van der Waals surface area contributed by atoms with Crippen LogP contribution >= 0.6 is 0 Å². The Bertz CT molecular complexity index is 369. The molecule has 88 valence electrons. The van der Waals surface area contributed by atoms with Gasteiger partial charge in [-0.05, 0) is 18.6 Å². The van der Waals surface area contributed by atoms with Gasteiger partial charge in [-0.1, -0.05) is 6.92 Å². The Balaban J connectivity index is 2.63. The van der Waals surface area contributed by atoms with Gasteiger partial charge in [0.05, 0.1) is 7.11 Å². The Hall–Kier alpha value is -1.78. The number of carbonyl (C=O) groups excluding carboxylic acids is 1. The number of amides is 2. The van der Waals surface area contributed by atoms with Crippen molar-refractivity contribution in [3.63, 3.8) is 0 Å². The summed E-state index contributed by atoms with van der Waals surface area (Å²) >= 11 is 0. The lowest BCUT2D eigenvalue weighted by molar-refractivity contribution is 0.252. The molecule has 0 atom stereocenters. The van der Waals surface area contributed by atoms with E-state index in [1.165, 1.54) is 25.3 Å². The molecule has 5 heteroatoms. The van der Waals surface area contributed by atoms with E-state index in [-0.39, 0.29) is 11.8 Å². The van der Waals surface area contributed by atoms with Crippen LogP contribution in [-0.4, -0.2) is 19.7 Å². The molecule has 4 nitrogen and oxygen atoms in total. The molecular weight excluding hydrogens is 211 g/mol. The molecule has 0 fully saturated rings. The van der Waals surface area contributed by atoms with Crippen LogP contribution in [-0.2, 0) is 0 Å². The molecule has 0 unspecified atom stereocenters. The first-order valence-electron chi connectivity index (χ1n) is 5.05. The first-order chi connectivity index (χ1) is 7.67. The number of ether oxygens (including phenoxy) is 1. The lowest BCUT2D eigenvalue weighted by atomic mass is 10.3. The fourth-order valence-corrected chi connectivity index (χ4v) is 1.15. The second-order valence-corrected chi connectivity index (χ2v) is 3.23. The average Bonchev–Trinajstić information content (AvgIpc) is 2.29. The number of urea groups is 1. The molecule has 0 aliphatic rings. The summed E-state index contributed by atoms with van der Waals surface area (Å²) in [5.41, 5.74) is 0.492. The van der Waals surface area contributed by atoms with Crippen molar-refractivity contribution in [3.8, 4) is 5.75 Å². The number of halogens is 1. The molecule has 0 aromatic heterocycles. The number of benzene rings is 1. The Kier molecular flexibility index (Phi) is 4.57. The first-order valence-corrected chi connectivity index (χ1v) is 5.05. The summed E-state index contributed by atoms with van der Waals surface area (Å²) in [4.78, 5) is 11.3. The van der Waals surface area contributed by atoms with Gasteiger partial charge in [-0.3, -0.25) is 0 Å². The van der Waals surface area contributed by atoms with Crippen LogP contribution in [0.5, 0.6) is 5.75 Å². The van der Waals surface area contributed by atoms with Gasteiger partial charge in [-0.15, -0.1) is 0 Å². The van der Waals surface area contributed by atoms with Gasteiger partial charge in [-0.2, -0.15) is 0 Å². The van der Waals surface area contributed by atoms with Crippen molar-refractivity contribution in [1.82, 2.24) is 5.32 Å². The quantitative estimate of drug-likeness (QED) is 0.828. The van der Waals surface area contributed by atoms with Crippen LogP contribution in [0.1, 0.15) is 13.3 Å². The number of carbonyl (C=O) groups is 1. The summed E-state index contributed by atoms with van der Waals surface area (Å²) in [7, 11) is 1.37. The van der Waals surface area contributed by atoms with E-state index in [1.54, 1.807) is 0 Å². The van der Waals surface area contributed by atoms with Crippen LogP contribution in [0.3, 0.4) is 0 Å². The van der Waals surface area contributed by atoms with E-state index >= 15 is 0 Å². The number of rotatable bonds is 4. The Morgan fingerprint density at radius 2 is 2.25 bits per heavy atom. The summed E-state index contributed by atoms with van der Waals surface area (Å²) in [6.07, 6.45) is 0.861. The topological polar surface area (TPSA) is 50.4 Å². The zero-order chi connectivity index (χ0) is 12.0. The molecule has 1 aromatic rings. The molecule has 1 aromatic carbocycles. The number of hydrogen-bond acceptors (Lipinski definition) is 2. The maximum Gasteiger partial charge on any atom is 0.319 e. The van der Waals surface area contributed by atoms with Crippen molar-refractivity contribution in [2.24, 2.45) is 0 Å². The summed E-state index contributed by atoms with van der Waals surface area (Å²) in [6, 6.07) is 3.84. The van der Waals surface area contributed by atoms with Gasteiger partial charge in [0, 0.05) is 18.3 Å². The summed E-state index contributed by atoms with van der Waals surface area (Å²) in [5.74, 6) is -0.352.